The first kappa shape index (κ1) is 16.4. The Hall–Kier alpha value is -1.02. The van der Waals surface area contributed by atoms with Gasteiger partial charge in [0.2, 0.25) is 0 Å². The fourth-order valence-electron chi connectivity index (χ4n) is 3.02. The first-order valence-corrected chi connectivity index (χ1v) is 8.44. The summed E-state index contributed by atoms with van der Waals surface area (Å²) in [7, 11) is 0. The van der Waals surface area contributed by atoms with Gasteiger partial charge in [-0.2, -0.15) is 0 Å². The summed E-state index contributed by atoms with van der Waals surface area (Å²) in [6, 6.07) is 9.11. The van der Waals surface area contributed by atoms with E-state index in [-0.39, 0.29) is 5.54 Å². The molecule has 2 nitrogen and oxygen atoms in total. The van der Waals surface area contributed by atoms with Crippen LogP contribution in [0.25, 0.3) is 0 Å². The maximum absolute atomic E-state index is 3.54. The van der Waals surface area contributed by atoms with Crippen molar-refractivity contribution in [3.8, 4) is 0 Å². The van der Waals surface area contributed by atoms with E-state index in [0.717, 1.165) is 18.4 Å². The molecule has 1 aliphatic rings. The van der Waals surface area contributed by atoms with Crippen LogP contribution in [0, 0.1) is 11.8 Å². The Labute approximate surface area is 130 Å². The summed E-state index contributed by atoms with van der Waals surface area (Å²) in [5.74, 6) is 1.74. The molecule has 2 rings (SSSR count). The minimum absolute atomic E-state index is 0.178. The molecule has 2 heteroatoms. The highest BCUT2D eigenvalue weighted by Crippen LogP contribution is 2.27. The lowest BCUT2D eigenvalue weighted by Gasteiger charge is -2.35. The van der Waals surface area contributed by atoms with Crippen molar-refractivity contribution >= 4 is 5.69 Å². The molecule has 1 N–H and O–H groups in total. The third kappa shape index (κ3) is 5.03. The molecule has 0 radical (unpaired) electrons. The molecule has 0 spiro atoms. The summed E-state index contributed by atoms with van der Waals surface area (Å²) in [6.45, 7) is 14.7. The van der Waals surface area contributed by atoms with Crippen LogP contribution in [0.5, 0.6) is 0 Å². The smallest absolute Gasteiger partial charge is 0.0366 e. The van der Waals surface area contributed by atoms with Crippen molar-refractivity contribution in [2.45, 2.75) is 59.5 Å². The van der Waals surface area contributed by atoms with Gasteiger partial charge in [0, 0.05) is 30.9 Å². The van der Waals surface area contributed by atoms with Crippen LogP contribution in [-0.4, -0.2) is 18.6 Å². The Morgan fingerprint density at radius 2 is 1.67 bits per heavy atom. The SMILES string of the molecule is CC(C)C1CCN(c2ccc(CNC(C)(C)C)cc2)CC1. The molecule has 0 saturated carbocycles. The number of rotatable bonds is 4. The van der Waals surface area contributed by atoms with Crippen LogP contribution in [0.2, 0.25) is 0 Å². The zero-order valence-corrected chi connectivity index (χ0v) is 14.4. The van der Waals surface area contributed by atoms with Gasteiger partial charge in [0.25, 0.3) is 0 Å². The second-order valence-electron chi connectivity index (χ2n) is 7.84. The number of nitrogens with zero attached hydrogens (tertiary/aromatic N) is 1. The van der Waals surface area contributed by atoms with Crippen molar-refractivity contribution < 1.29 is 0 Å². The first-order valence-electron chi connectivity index (χ1n) is 8.44. The summed E-state index contributed by atoms with van der Waals surface area (Å²) >= 11 is 0. The van der Waals surface area contributed by atoms with Crippen molar-refractivity contribution in [2.75, 3.05) is 18.0 Å². The highest BCUT2D eigenvalue weighted by atomic mass is 15.1. The van der Waals surface area contributed by atoms with Gasteiger partial charge in [-0.05, 0) is 63.1 Å². The maximum atomic E-state index is 3.54. The number of piperidine rings is 1. The van der Waals surface area contributed by atoms with Crippen LogP contribution >= 0.6 is 0 Å². The molecule has 118 valence electrons. The van der Waals surface area contributed by atoms with Crippen LogP contribution in [0.1, 0.15) is 53.0 Å². The molecule has 1 aliphatic heterocycles. The topological polar surface area (TPSA) is 15.3 Å². The van der Waals surface area contributed by atoms with Gasteiger partial charge in [-0.15, -0.1) is 0 Å². The van der Waals surface area contributed by atoms with Gasteiger partial charge in [0.05, 0.1) is 0 Å². The molecule has 0 aromatic heterocycles. The van der Waals surface area contributed by atoms with Gasteiger partial charge in [-0.3, -0.25) is 0 Å². The maximum Gasteiger partial charge on any atom is 0.0366 e. The van der Waals surface area contributed by atoms with Gasteiger partial charge < -0.3 is 10.2 Å². The Morgan fingerprint density at radius 1 is 1.10 bits per heavy atom. The number of nitrogens with one attached hydrogen (secondary N) is 1. The van der Waals surface area contributed by atoms with E-state index in [9.17, 15) is 0 Å². The van der Waals surface area contributed by atoms with Crippen LogP contribution in [0.15, 0.2) is 24.3 Å². The zero-order valence-electron chi connectivity index (χ0n) is 14.4. The Bertz CT molecular complexity index is 420. The molecule has 1 aromatic carbocycles. The highest BCUT2D eigenvalue weighted by molar-refractivity contribution is 5.48. The minimum Gasteiger partial charge on any atom is -0.372 e. The standard InChI is InChI=1S/C19H32N2/c1-15(2)17-10-12-21(13-11-17)18-8-6-16(7-9-18)14-20-19(3,4)5/h6-9,15,17,20H,10-14H2,1-5H3. The molecule has 21 heavy (non-hydrogen) atoms. The third-order valence-corrected chi connectivity index (χ3v) is 4.61. The van der Waals surface area contributed by atoms with Crippen molar-refractivity contribution in [2.24, 2.45) is 11.8 Å². The number of anilines is 1. The molecule has 0 amide bonds. The molecule has 1 heterocycles. The van der Waals surface area contributed by atoms with Crippen LogP contribution in [0.3, 0.4) is 0 Å². The van der Waals surface area contributed by atoms with Gasteiger partial charge in [0.1, 0.15) is 0 Å². The van der Waals surface area contributed by atoms with Gasteiger partial charge in [-0.1, -0.05) is 26.0 Å². The van der Waals surface area contributed by atoms with E-state index in [0.29, 0.717) is 0 Å². The monoisotopic (exact) mass is 288 g/mol. The summed E-state index contributed by atoms with van der Waals surface area (Å²) < 4.78 is 0. The molecule has 0 aliphatic carbocycles. The summed E-state index contributed by atoms with van der Waals surface area (Å²) in [4.78, 5) is 2.54. The van der Waals surface area contributed by atoms with Crippen molar-refractivity contribution in [1.29, 1.82) is 0 Å². The van der Waals surface area contributed by atoms with Crippen molar-refractivity contribution in [3.63, 3.8) is 0 Å². The molecule has 1 saturated heterocycles. The quantitative estimate of drug-likeness (QED) is 0.880. The predicted octanol–water partition coefficient (Wildman–Crippen LogP) is 4.45. The summed E-state index contributed by atoms with van der Waals surface area (Å²) in [6.07, 6.45) is 2.68. The molecule has 1 aromatic rings. The van der Waals surface area contributed by atoms with Crippen molar-refractivity contribution in [1.82, 2.24) is 5.32 Å². The molecular weight excluding hydrogens is 256 g/mol. The molecule has 1 fully saturated rings. The van der Waals surface area contributed by atoms with Crippen molar-refractivity contribution in [3.05, 3.63) is 29.8 Å². The number of hydrogen-bond acceptors (Lipinski definition) is 2. The summed E-state index contributed by atoms with van der Waals surface area (Å²) in [5.41, 5.74) is 2.93. The van der Waals surface area contributed by atoms with E-state index in [1.807, 2.05) is 0 Å². The minimum atomic E-state index is 0.178. The van der Waals surface area contributed by atoms with Gasteiger partial charge in [0.15, 0.2) is 0 Å². The Kier molecular flexibility index (Phi) is 5.32. The van der Waals surface area contributed by atoms with E-state index < -0.39 is 0 Å². The van der Waals surface area contributed by atoms with E-state index >= 15 is 0 Å². The fraction of sp³-hybridized carbons (Fsp3) is 0.684. The lowest BCUT2D eigenvalue weighted by Crippen LogP contribution is -2.35. The molecule has 0 atom stereocenters. The van der Waals surface area contributed by atoms with Gasteiger partial charge >= 0.3 is 0 Å². The van der Waals surface area contributed by atoms with E-state index in [2.05, 4.69) is 69.1 Å². The average Bonchev–Trinajstić information content (AvgIpc) is 2.45. The predicted molar refractivity (Wildman–Crippen MR) is 92.8 cm³/mol. The molecule has 0 bridgehead atoms. The average molecular weight is 288 g/mol. The fourth-order valence-corrected chi connectivity index (χ4v) is 3.02. The Morgan fingerprint density at radius 3 is 2.14 bits per heavy atom. The van der Waals surface area contributed by atoms with E-state index in [4.69, 9.17) is 0 Å². The second kappa shape index (κ2) is 6.83. The first-order chi connectivity index (χ1) is 9.85. The van der Waals surface area contributed by atoms with Crippen LogP contribution in [-0.2, 0) is 6.54 Å². The lowest BCUT2D eigenvalue weighted by atomic mass is 9.86. The molecule has 0 unspecified atom stereocenters. The zero-order chi connectivity index (χ0) is 15.5. The van der Waals surface area contributed by atoms with Gasteiger partial charge in [-0.25, -0.2) is 0 Å². The summed E-state index contributed by atoms with van der Waals surface area (Å²) in [5, 5.41) is 3.54. The number of hydrogen-bond donors (Lipinski definition) is 1. The van der Waals surface area contributed by atoms with Crippen LogP contribution < -0.4 is 10.2 Å². The van der Waals surface area contributed by atoms with E-state index in [1.54, 1.807) is 0 Å². The Balaban J connectivity index is 1.88. The largest absolute Gasteiger partial charge is 0.372 e. The second-order valence-corrected chi connectivity index (χ2v) is 7.84. The van der Waals surface area contributed by atoms with E-state index in [1.165, 1.54) is 37.2 Å². The number of benzene rings is 1. The lowest BCUT2D eigenvalue weighted by molar-refractivity contribution is 0.311. The molecular formula is C19H32N2. The highest BCUT2D eigenvalue weighted by Gasteiger charge is 2.21. The van der Waals surface area contributed by atoms with Crippen LogP contribution in [0.4, 0.5) is 5.69 Å². The third-order valence-electron chi connectivity index (χ3n) is 4.61. The normalized spacial score (nSPS) is 17.5.